The summed E-state index contributed by atoms with van der Waals surface area (Å²) in [5.74, 6) is 0.222. The van der Waals surface area contributed by atoms with Crippen LogP contribution in [-0.2, 0) is 16.6 Å². The van der Waals surface area contributed by atoms with Crippen LogP contribution in [-0.4, -0.2) is 12.5 Å². The van der Waals surface area contributed by atoms with E-state index >= 15 is 0 Å². The molecule has 1 aromatic carbocycles. The highest BCUT2D eigenvalue weighted by Gasteiger charge is 2.47. The van der Waals surface area contributed by atoms with Crippen LogP contribution in [0.25, 0.3) is 0 Å². The first kappa shape index (κ1) is 9.40. The molecule has 0 aromatic heterocycles. The number of amides is 1. The molecule has 1 unspecified atom stereocenters. The molecule has 78 valence electrons. The highest BCUT2D eigenvalue weighted by molar-refractivity contribution is 9.10. The summed E-state index contributed by atoms with van der Waals surface area (Å²) in [6, 6.07) is 6.32. The first-order valence-corrected chi connectivity index (χ1v) is 6.09. The molecule has 1 spiro atoms. The van der Waals surface area contributed by atoms with Gasteiger partial charge in [-0.3, -0.25) is 4.79 Å². The SMILES string of the molecule is O=C1NCCC12CCc1ccc(Br)cc12. The number of benzene rings is 1. The predicted molar refractivity (Wildman–Crippen MR) is 61.8 cm³/mol. The van der Waals surface area contributed by atoms with Crippen LogP contribution in [0.3, 0.4) is 0 Å². The molecule has 2 nitrogen and oxygen atoms in total. The van der Waals surface area contributed by atoms with Crippen molar-refractivity contribution in [3.05, 3.63) is 33.8 Å². The molecule has 1 fully saturated rings. The number of aryl methyl sites for hydroxylation is 1. The molecule has 1 amide bonds. The van der Waals surface area contributed by atoms with Crippen molar-refractivity contribution in [1.82, 2.24) is 5.32 Å². The molecule has 1 aromatic rings. The zero-order chi connectivity index (χ0) is 10.5. The molecule has 1 atom stereocenters. The van der Waals surface area contributed by atoms with Gasteiger partial charge < -0.3 is 5.32 Å². The van der Waals surface area contributed by atoms with Crippen molar-refractivity contribution in [2.45, 2.75) is 24.7 Å². The summed E-state index contributed by atoms with van der Waals surface area (Å²) in [5.41, 5.74) is 2.38. The maximum atomic E-state index is 11.9. The lowest BCUT2D eigenvalue weighted by atomic mass is 9.80. The fourth-order valence-electron chi connectivity index (χ4n) is 2.86. The largest absolute Gasteiger partial charge is 0.355 e. The lowest BCUT2D eigenvalue weighted by Crippen LogP contribution is -2.33. The summed E-state index contributed by atoms with van der Waals surface area (Å²) < 4.78 is 1.07. The van der Waals surface area contributed by atoms with E-state index in [-0.39, 0.29) is 11.3 Å². The first-order valence-electron chi connectivity index (χ1n) is 5.30. The Balaban J connectivity index is 2.18. The normalized spacial score (nSPS) is 28.2. The number of hydrogen-bond acceptors (Lipinski definition) is 1. The molecule has 1 N–H and O–H groups in total. The zero-order valence-corrected chi connectivity index (χ0v) is 9.93. The minimum Gasteiger partial charge on any atom is -0.355 e. The third-order valence-corrected chi connectivity index (χ3v) is 4.17. The number of halogens is 1. The van der Waals surface area contributed by atoms with Crippen LogP contribution in [0, 0.1) is 0 Å². The van der Waals surface area contributed by atoms with Crippen LogP contribution in [0.1, 0.15) is 24.0 Å². The molecule has 0 radical (unpaired) electrons. The van der Waals surface area contributed by atoms with Gasteiger partial charge in [0, 0.05) is 11.0 Å². The van der Waals surface area contributed by atoms with Gasteiger partial charge in [-0.2, -0.15) is 0 Å². The Morgan fingerprint density at radius 2 is 2.20 bits per heavy atom. The van der Waals surface area contributed by atoms with E-state index in [2.05, 4.69) is 39.4 Å². The molecule has 2 aliphatic rings. The Morgan fingerprint density at radius 1 is 1.33 bits per heavy atom. The summed E-state index contributed by atoms with van der Waals surface area (Å²) in [7, 11) is 0. The van der Waals surface area contributed by atoms with Gasteiger partial charge >= 0.3 is 0 Å². The average Bonchev–Trinajstić information content (AvgIpc) is 2.75. The van der Waals surface area contributed by atoms with Crippen LogP contribution < -0.4 is 5.32 Å². The van der Waals surface area contributed by atoms with Crippen LogP contribution in [0.2, 0.25) is 0 Å². The van der Waals surface area contributed by atoms with Crippen LogP contribution in [0.15, 0.2) is 22.7 Å². The fraction of sp³-hybridized carbons (Fsp3) is 0.417. The third-order valence-electron chi connectivity index (χ3n) is 3.68. The summed E-state index contributed by atoms with van der Waals surface area (Å²) >= 11 is 3.48. The van der Waals surface area contributed by atoms with Gasteiger partial charge in [0.1, 0.15) is 0 Å². The summed E-state index contributed by atoms with van der Waals surface area (Å²) in [5, 5.41) is 2.96. The number of carbonyl (C=O) groups is 1. The number of hydrogen-bond donors (Lipinski definition) is 1. The Kier molecular flexibility index (Phi) is 1.93. The highest BCUT2D eigenvalue weighted by atomic mass is 79.9. The highest BCUT2D eigenvalue weighted by Crippen LogP contribution is 2.44. The van der Waals surface area contributed by atoms with E-state index in [4.69, 9.17) is 0 Å². The molecule has 1 aliphatic carbocycles. The van der Waals surface area contributed by atoms with Gasteiger partial charge in [0.15, 0.2) is 0 Å². The average molecular weight is 266 g/mol. The van der Waals surface area contributed by atoms with Gasteiger partial charge in [0.25, 0.3) is 0 Å². The second kappa shape index (κ2) is 3.08. The number of rotatable bonds is 0. The molecule has 1 saturated heterocycles. The first-order chi connectivity index (χ1) is 7.22. The van der Waals surface area contributed by atoms with E-state index in [1.54, 1.807) is 0 Å². The van der Waals surface area contributed by atoms with E-state index in [9.17, 15) is 4.79 Å². The molecule has 0 bridgehead atoms. The Morgan fingerprint density at radius 3 is 2.93 bits per heavy atom. The van der Waals surface area contributed by atoms with Crippen molar-refractivity contribution in [3.8, 4) is 0 Å². The van der Waals surface area contributed by atoms with Crippen molar-refractivity contribution < 1.29 is 4.79 Å². The lowest BCUT2D eigenvalue weighted by Gasteiger charge is -2.21. The van der Waals surface area contributed by atoms with Crippen molar-refractivity contribution in [2.24, 2.45) is 0 Å². The number of fused-ring (bicyclic) bond motifs is 2. The van der Waals surface area contributed by atoms with E-state index in [0.29, 0.717) is 0 Å². The van der Waals surface area contributed by atoms with E-state index in [0.717, 1.165) is 30.3 Å². The number of nitrogens with one attached hydrogen (secondary N) is 1. The molecule has 1 aliphatic heterocycles. The second-order valence-corrected chi connectivity index (χ2v) is 5.31. The maximum Gasteiger partial charge on any atom is 0.230 e. The Labute approximate surface area is 97.2 Å². The van der Waals surface area contributed by atoms with Gasteiger partial charge in [0.2, 0.25) is 5.91 Å². The maximum absolute atomic E-state index is 11.9. The Hall–Kier alpha value is -0.830. The van der Waals surface area contributed by atoms with Gasteiger partial charge in [-0.05, 0) is 42.5 Å². The van der Waals surface area contributed by atoms with Crippen LogP contribution in [0.5, 0.6) is 0 Å². The summed E-state index contributed by atoms with van der Waals surface area (Å²) in [6.45, 7) is 0.824. The van der Waals surface area contributed by atoms with Gasteiger partial charge in [-0.1, -0.05) is 22.0 Å². The van der Waals surface area contributed by atoms with E-state index in [1.807, 2.05) is 0 Å². The summed E-state index contributed by atoms with van der Waals surface area (Å²) in [4.78, 5) is 11.9. The topological polar surface area (TPSA) is 29.1 Å². The molecular formula is C12H12BrNO. The van der Waals surface area contributed by atoms with Gasteiger partial charge in [-0.15, -0.1) is 0 Å². The quantitative estimate of drug-likeness (QED) is 0.766. The molecule has 3 heteroatoms. The Bertz CT molecular complexity index is 443. The smallest absolute Gasteiger partial charge is 0.230 e. The van der Waals surface area contributed by atoms with Gasteiger partial charge in [0.05, 0.1) is 5.41 Å². The fourth-order valence-corrected chi connectivity index (χ4v) is 3.22. The van der Waals surface area contributed by atoms with Gasteiger partial charge in [-0.25, -0.2) is 0 Å². The monoisotopic (exact) mass is 265 g/mol. The molecule has 15 heavy (non-hydrogen) atoms. The summed E-state index contributed by atoms with van der Waals surface area (Å²) in [6.07, 6.45) is 2.97. The number of carbonyl (C=O) groups excluding carboxylic acids is 1. The van der Waals surface area contributed by atoms with E-state index in [1.165, 1.54) is 11.1 Å². The van der Waals surface area contributed by atoms with Crippen LogP contribution in [0.4, 0.5) is 0 Å². The second-order valence-electron chi connectivity index (χ2n) is 4.39. The zero-order valence-electron chi connectivity index (χ0n) is 8.35. The molecule has 1 heterocycles. The van der Waals surface area contributed by atoms with Crippen molar-refractivity contribution >= 4 is 21.8 Å². The minimum absolute atomic E-state index is 0.209. The molecule has 3 rings (SSSR count). The molecular weight excluding hydrogens is 254 g/mol. The third kappa shape index (κ3) is 1.19. The predicted octanol–water partition coefficient (Wildman–Crippen LogP) is 2.15. The minimum atomic E-state index is -0.209. The van der Waals surface area contributed by atoms with Crippen molar-refractivity contribution in [2.75, 3.05) is 6.54 Å². The lowest BCUT2D eigenvalue weighted by molar-refractivity contribution is -0.123. The standard InChI is InChI=1S/C12H12BrNO/c13-9-2-1-8-3-4-12(10(8)7-9)5-6-14-11(12)15/h1-2,7H,3-6H2,(H,14,15). The van der Waals surface area contributed by atoms with Crippen molar-refractivity contribution in [1.29, 1.82) is 0 Å². The van der Waals surface area contributed by atoms with E-state index < -0.39 is 0 Å². The van der Waals surface area contributed by atoms with Crippen LogP contribution >= 0.6 is 15.9 Å². The van der Waals surface area contributed by atoms with Crippen molar-refractivity contribution in [3.63, 3.8) is 0 Å². The molecule has 0 saturated carbocycles.